The molecule has 0 aliphatic heterocycles. The van der Waals surface area contributed by atoms with Crippen molar-refractivity contribution >= 4 is 5.69 Å². The minimum atomic E-state index is 0.589. The lowest BCUT2D eigenvalue weighted by atomic mass is 10.1. The first kappa shape index (κ1) is 12.7. The van der Waals surface area contributed by atoms with Gasteiger partial charge in [0.05, 0.1) is 0 Å². The summed E-state index contributed by atoms with van der Waals surface area (Å²) in [4.78, 5) is 2.27. The molecule has 0 saturated carbocycles. The number of hydrogen-bond acceptors (Lipinski definition) is 2. The summed E-state index contributed by atoms with van der Waals surface area (Å²) in [5.74, 6) is 0. The van der Waals surface area contributed by atoms with Crippen LogP contribution in [0.25, 0.3) is 0 Å². The quantitative estimate of drug-likeness (QED) is 0.870. The van der Waals surface area contributed by atoms with Crippen LogP contribution in [-0.2, 0) is 13.0 Å². The molecule has 2 N–H and O–H groups in total. The predicted octanol–water partition coefficient (Wildman–Crippen LogP) is 2.82. The molecule has 0 saturated heterocycles. The van der Waals surface area contributed by atoms with Crippen molar-refractivity contribution in [3.8, 4) is 0 Å². The lowest BCUT2D eigenvalue weighted by Gasteiger charge is -2.22. The van der Waals surface area contributed by atoms with E-state index in [1.54, 1.807) is 0 Å². The first-order valence-corrected chi connectivity index (χ1v) is 6.34. The van der Waals surface area contributed by atoms with Crippen LogP contribution in [-0.4, -0.2) is 13.6 Å². The zero-order valence-electron chi connectivity index (χ0n) is 10.8. The number of benzene rings is 2. The van der Waals surface area contributed by atoms with E-state index in [4.69, 9.17) is 5.73 Å². The molecule has 2 heteroatoms. The maximum Gasteiger partial charge on any atom is 0.0409 e. The lowest BCUT2D eigenvalue weighted by molar-refractivity contribution is 0.866. The van der Waals surface area contributed by atoms with Gasteiger partial charge in [-0.15, -0.1) is 0 Å². The molecule has 0 atom stereocenters. The maximum absolute atomic E-state index is 5.77. The Labute approximate surface area is 109 Å². The second-order valence-corrected chi connectivity index (χ2v) is 4.49. The molecule has 18 heavy (non-hydrogen) atoms. The molecule has 0 heterocycles. The van der Waals surface area contributed by atoms with Crippen molar-refractivity contribution in [2.75, 3.05) is 18.5 Å². The van der Waals surface area contributed by atoms with Crippen LogP contribution in [0.1, 0.15) is 11.1 Å². The van der Waals surface area contributed by atoms with E-state index in [0.717, 1.165) is 13.0 Å². The molecule has 0 bridgehead atoms. The Kier molecular flexibility index (Phi) is 4.37. The van der Waals surface area contributed by atoms with Crippen molar-refractivity contribution in [2.24, 2.45) is 5.73 Å². The van der Waals surface area contributed by atoms with Crippen LogP contribution in [0.5, 0.6) is 0 Å². The Morgan fingerprint density at radius 2 is 1.61 bits per heavy atom. The first-order valence-electron chi connectivity index (χ1n) is 6.34. The van der Waals surface area contributed by atoms with Gasteiger partial charge in [0.25, 0.3) is 0 Å². The number of likely N-dealkylation sites (N-methyl/N-ethyl adjacent to an activating group) is 1. The average Bonchev–Trinajstić information content (AvgIpc) is 2.45. The van der Waals surface area contributed by atoms with Crippen LogP contribution >= 0.6 is 0 Å². The zero-order chi connectivity index (χ0) is 12.8. The van der Waals surface area contributed by atoms with Gasteiger partial charge in [-0.2, -0.15) is 0 Å². The molecular formula is C16H20N2. The second-order valence-electron chi connectivity index (χ2n) is 4.49. The smallest absolute Gasteiger partial charge is 0.0409 e. The molecule has 2 nitrogen and oxygen atoms in total. The van der Waals surface area contributed by atoms with Crippen LogP contribution in [0.4, 0.5) is 5.69 Å². The highest BCUT2D eigenvalue weighted by atomic mass is 15.1. The number of nitrogens with zero attached hydrogens (tertiary/aromatic N) is 1. The van der Waals surface area contributed by atoms with Gasteiger partial charge in [0.1, 0.15) is 0 Å². The van der Waals surface area contributed by atoms with Crippen LogP contribution in [0, 0.1) is 0 Å². The molecule has 0 aliphatic rings. The Balaban J connectivity index is 2.01. The van der Waals surface area contributed by atoms with E-state index in [-0.39, 0.29) is 0 Å². The lowest BCUT2D eigenvalue weighted by Crippen LogP contribution is -2.22. The van der Waals surface area contributed by atoms with Gasteiger partial charge in [-0.1, -0.05) is 48.5 Å². The highest BCUT2D eigenvalue weighted by molar-refractivity contribution is 5.53. The number of nitrogens with two attached hydrogens (primary N) is 1. The minimum absolute atomic E-state index is 0.589. The fourth-order valence-corrected chi connectivity index (χ4v) is 2.12. The van der Waals surface area contributed by atoms with Crippen LogP contribution in [0.3, 0.4) is 0 Å². The van der Waals surface area contributed by atoms with Crippen molar-refractivity contribution in [1.82, 2.24) is 0 Å². The number of rotatable bonds is 5. The van der Waals surface area contributed by atoms with Gasteiger partial charge in [-0.3, -0.25) is 0 Å². The molecule has 0 radical (unpaired) electrons. The summed E-state index contributed by atoms with van der Waals surface area (Å²) in [7, 11) is 2.12. The van der Waals surface area contributed by atoms with Crippen LogP contribution in [0.2, 0.25) is 0 Å². The maximum atomic E-state index is 5.77. The van der Waals surface area contributed by atoms with Crippen LogP contribution < -0.4 is 10.6 Å². The Bertz CT molecular complexity index is 479. The van der Waals surface area contributed by atoms with E-state index >= 15 is 0 Å². The summed E-state index contributed by atoms with van der Waals surface area (Å²) in [5, 5.41) is 0. The molecular weight excluding hydrogens is 220 g/mol. The van der Waals surface area contributed by atoms with Crippen LogP contribution in [0.15, 0.2) is 54.6 Å². The van der Waals surface area contributed by atoms with E-state index in [9.17, 15) is 0 Å². The molecule has 2 rings (SSSR count). The Morgan fingerprint density at radius 3 is 2.33 bits per heavy atom. The zero-order valence-corrected chi connectivity index (χ0v) is 10.8. The van der Waals surface area contributed by atoms with E-state index in [2.05, 4.69) is 60.5 Å². The largest absolute Gasteiger partial charge is 0.374 e. The van der Waals surface area contributed by atoms with Gasteiger partial charge in [-0.25, -0.2) is 0 Å². The molecule has 0 amide bonds. The summed E-state index contributed by atoms with van der Waals surface area (Å²) in [6.07, 6.45) is 1.05. The summed E-state index contributed by atoms with van der Waals surface area (Å²) in [6.45, 7) is 1.59. The summed E-state index contributed by atoms with van der Waals surface area (Å²) in [6, 6.07) is 18.9. The molecule has 2 aromatic rings. The van der Waals surface area contributed by atoms with Gasteiger partial charge in [0.2, 0.25) is 0 Å². The molecule has 94 valence electrons. The van der Waals surface area contributed by atoms with E-state index in [1.165, 1.54) is 16.8 Å². The normalized spacial score (nSPS) is 10.3. The van der Waals surface area contributed by atoms with Crippen molar-refractivity contribution in [3.63, 3.8) is 0 Å². The van der Waals surface area contributed by atoms with Crippen molar-refractivity contribution in [3.05, 3.63) is 65.7 Å². The fourth-order valence-electron chi connectivity index (χ4n) is 2.12. The molecule has 0 unspecified atom stereocenters. The highest BCUT2D eigenvalue weighted by Crippen LogP contribution is 2.18. The third kappa shape index (κ3) is 3.11. The molecule has 0 aliphatic carbocycles. The Hall–Kier alpha value is -1.80. The van der Waals surface area contributed by atoms with Gasteiger partial charge >= 0.3 is 0 Å². The molecule has 2 aromatic carbocycles. The van der Waals surface area contributed by atoms with E-state index in [1.807, 2.05) is 6.07 Å². The van der Waals surface area contributed by atoms with Gasteiger partial charge in [0, 0.05) is 25.8 Å². The van der Waals surface area contributed by atoms with Gasteiger partial charge < -0.3 is 10.6 Å². The predicted molar refractivity (Wildman–Crippen MR) is 77.7 cm³/mol. The molecule has 0 aromatic heterocycles. The SMILES string of the molecule is CN(CCc1ccccc1)c1ccccc1CN. The number of anilines is 1. The second kappa shape index (κ2) is 6.22. The third-order valence-corrected chi connectivity index (χ3v) is 3.20. The highest BCUT2D eigenvalue weighted by Gasteiger charge is 2.05. The molecule has 0 spiro atoms. The number of para-hydroxylation sites is 1. The standard InChI is InChI=1S/C16H20N2/c1-18(12-11-14-7-3-2-4-8-14)16-10-6-5-9-15(16)13-17/h2-10H,11-13,17H2,1H3. The van der Waals surface area contributed by atoms with Crippen molar-refractivity contribution in [2.45, 2.75) is 13.0 Å². The Morgan fingerprint density at radius 1 is 0.944 bits per heavy atom. The van der Waals surface area contributed by atoms with Gasteiger partial charge in [0.15, 0.2) is 0 Å². The summed E-state index contributed by atoms with van der Waals surface area (Å²) >= 11 is 0. The van der Waals surface area contributed by atoms with Crippen molar-refractivity contribution < 1.29 is 0 Å². The van der Waals surface area contributed by atoms with Crippen molar-refractivity contribution in [1.29, 1.82) is 0 Å². The first-order chi connectivity index (χ1) is 8.81. The summed E-state index contributed by atoms with van der Waals surface area (Å²) < 4.78 is 0. The fraction of sp³-hybridized carbons (Fsp3) is 0.250. The minimum Gasteiger partial charge on any atom is -0.374 e. The molecule has 0 fully saturated rings. The topological polar surface area (TPSA) is 29.3 Å². The summed E-state index contributed by atoms with van der Waals surface area (Å²) in [5.41, 5.74) is 9.57. The number of hydrogen-bond donors (Lipinski definition) is 1. The van der Waals surface area contributed by atoms with E-state index < -0.39 is 0 Å². The van der Waals surface area contributed by atoms with E-state index in [0.29, 0.717) is 6.54 Å². The van der Waals surface area contributed by atoms with Gasteiger partial charge in [-0.05, 0) is 23.6 Å². The third-order valence-electron chi connectivity index (χ3n) is 3.20. The monoisotopic (exact) mass is 240 g/mol. The average molecular weight is 240 g/mol.